The van der Waals surface area contributed by atoms with Crippen LogP contribution >= 0.6 is 15.9 Å². The molecule has 1 aliphatic carbocycles. The van der Waals surface area contributed by atoms with Crippen LogP contribution in [-0.2, 0) is 0 Å². The molecule has 1 aromatic carbocycles. The molecule has 1 atom stereocenters. The summed E-state index contributed by atoms with van der Waals surface area (Å²) in [5.41, 5.74) is 0.411. The van der Waals surface area contributed by atoms with Gasteiger partial charge in [0, 0.05) is 10.9 Å². The lowest BCUT2D eigenvalue weighted by Crippen LogP contribution is -1.99. The molecule has 0 heterocycles. The molecule has 1 aliphatic rings. The van der Waals surface area contributed by atoms with Gasteiger partial charge in [0.15, 0.2) is 0 Å². The van der Waals surface area contributed by atoms with E-state index in [1.807, 2.05) is 0 Å². The first-order chi connectivity index (χ1) is 6.90. The number of halogens is 3. The van der Waals surface area contributed by atoms with Crippen molar-refractivity contribution < 1.29 is 18.7 Å². The standard InChI is InChI=1S/C10H7BrF2O2/c11-7-2-5(8-4-10(8,12)13)1-6(3-7)9(14)15/h1-3,8H,4H2,(H,14,15). The lowest BCUT2D eigenvalue weighted by atomic mass is 10.1. The Morgan fingerprint density at radius 2 is 2.07 bits per heavy atom. The van der Waals surface area contributed by atoms with Crippen LogP contribution in [0.3, 0.4) is 0 Å². The van der Waals surface area contributed by atoms with Crippen molar-refractivity contribution in [3.63, 3.8) is 0 Å². The van der Waals surface area contributed by atoms with E-state index in [1.54, 1.807) is 0 Å². The molecule has 5 heteroatoms. The van der Waals surface area contributed by atoms with Gasteiger partial charge in [-0.05, 0) is 23.8 Å². The highest BCUT2D eigenvalue weighted by atomic mass is 79.9. The third kappa shape index (κ3) is 2.02. The summed E-state index contributed by atoms with van der Waals surface area (Å²) in [7, 11) is 0. The van der Waals surface area contributed by atoms with Gasteiger partial charge in [0.25, 0.3) is 5.92 Å². The fourth-order valence-corrected chi connectivity index (χ4v) is 2.02. The maximum atomic E-state index is 12.8. The summed E-state index contributed by atoms with van der Waals surface area (Å²) in [6.45, 7) is 0. The van der Waals surface area contributed by atoms with Gasteiger partial charge < -0.3 is 5.11 Å². The van der Waals surface area contributed by atoms with Gasteiger partial charge in [-0.25, -0.2) is 13.6 Å². The normalized spacial score (nSPS) is 22.5. The molecule has 0 saturated heterocycles. The molecule has 2 nitrogen and oxygen atoms in total. The molecule has 2 rings (SSSR count). The van der Waals surface area contributed by atoms with Crippen LogP contribution in [-0.4, -0.2) is 17.0 Å². The van der Waals surface area contributed by atoms with Crippen molar-refractivity contribution in [1.82, 2.24) is 0 Å². The minimum atomic E-state index is -2.67. The number of rotatable bonds is 2. The molecule has 1 unspecified atom stereocenters. The molecule has 1 saturated carbocycles. The van der Waals surface area contributed by atoms with Crippen molar-refractivity contribution in [2.24, 2.45) is 0 Å². The van der Waals surface area contributed by atoms with Crippen molar-refractivity contribution in [3.8, 4) is 0 Å². The Labute approximate surface area is 93.0 Å². The van der Waals surface area contributed by atoms with Crippen molar-refractivity contribution >= 4 is 21.9 Å². The molecule has 15 heavy (non-hydrogen) atoms. The Morgan fingerprint density at radius 1 is 1.47 bits per heavy atom. The SMILES string of the molecule is O=C(O)c1cc(Br)cc(C2CC2(F)F)c1. The first-order valence-electron chi connectivity index (χ1n) is 4.32. The lowest BCUT2D eigenvalue weighted by molar-refractivity contribution is 0.0696. The van der Waals surface area contributed by atoms with Gasteiger partial charge in [0.05, 0.1) is 11.5 Å². The van der Waals surface area contributed by atoms with E-state index in [0.717, 1.165) is 0 Å². The molecule has 0 spiro atoms. The number of hydrogen-bond donors (Lipinski definition) is 1. The summed E-state index contributed by atoms with van der Waals surface area (Å²) in [4.78, 5) is 10.7. The second-order valence-electron chi connectivity index (χ2n) is 3.60. The minimum absolute atomic E-state index is 0.0297. The average molecular weight is 277 g/mol. The molecule has 80 valence electrons. The quantitative estimate of drug-likeness (QED) is 0.900. The van der Waals surface area contributed by atoms with E-state index in [1.165, 1.54) is 18.2 Å². The number of carboxylic acid groups (broad SMARTS) is 1. The Morgan fingerprint density at radius 3 is 2.53 bits per heavy atom. The molecule has 0 amide bonds. The van der Waals surface area contributed by atoms with Crippen LogP contribution in [0.4, 0.5) is 8.78 Å². The number of aromatic carboxylic acids is 1. The number of carbonyl (C=O) groups is 1. The zero-order valence-corrected chi connectivity index (χ0v) is 9.09. The van der Waals surface area contributed by atoms with Gasteiger partial charge in [0.2, 0.25) is 0 Å². The molecule has 1 N–H and O–H groups in total. The lowest BCUT2D eigenvalue weighted by Gasteiger charge is -2.03. The largest absolute Gasteiger partial charge is 0.478 e. The van der Waals surface area contributed by atoms with Crippen LogP contribution < -0.4 is 0 Å². The van der Waals surface area contributed by atoms with Crippen LogP contribution in [0.25, 0.3) is 0 Å². The first-order valence-corrected chi connectivity index (χ1v) is 5.11. The van der Waals surface area contributed by atoms with Gasteiger partial charge in [-0.1, -0.05) is 15.9 Å². The molecule has 0 radical (unpaired) electrons. The van der Waals surface area contributed by atoms with Crippen LogP contribution in [0.15, 0.2) is 22.7 Å². The monoisotopic (exact) mass is 276 g/mol. The molecule has 1 fully saturated rings. The predicted molar refractivity (Wildman–Crippen MR) is 53.4 cm³/mol. The molecule has 0 aliphatic heterocycles. The number of carboxylic acids is 1. The number of alkyl halides is 2. The third-order valence-electron chi connectivity index (χ3n) is 2.40. The molecular weight excluding hydrogens is 270 g/mol. The predicted octanol–water partition coefficient (Wildman–Crippen LogP) is 3.27. The molecular formula is C10H7BrF2O2. The van der Waals surface area contributed by atoms with Gasteiger partial charge in [-0.15, -0.1) is 0 Å². The van der Waals surface area contributed by atoms with E-state index in [-0.39, 0.29) is 12.0 Å². The smallest absolute Gasteiger partial charge is 0.335 e. The van der Waals surface area contributed by atoms with Crippen molar-refractivity contribution in [2.75, 3.05) is 0 Å². The molecule has 0 bridgehead atoms. The summed E-state index contributed by atoms with van der Waals surface area (Å²) < 4.78 is 26.1. The van der Waals surface area contributed by atoms with Crippen molar-refractivity contribution in [1.29, 1.82) is 0 Å². The molecule has 0 aromatic heterocycles. The van der Waals surface area contributed by atoms with Gasteiger partial charge >= 0.3 is 5.97 Å². The number of hydrogen-bond acceptors (Lipinski definition) is 1. The topological polar surface area (TPSA) is 37.3 Å². The molecule has 1 aromatic rings. The van der Waals surface area contributed by atoms with Crippen molar-refractivity contribution in [3.05, 3.63) is 33.8 Å². The first kappa shape index (κ1) is 10.5. The fourth-order valence-electron chi connectivity index (χ4n) is 1.51. The highest BCUT2D eigenvalue weighted by Gasteiger charge is 2.57. The maximum absolute atomic E-state index is 12.8. The Hall–Kier alpha value is -0.970. The van der Waals surface area contributed by atoms with E-state index in [0.29, 0.717) is 10.0 Å². The second kappa shape index (κ2) is 3.27. The van der Waals surface area contributed by atoms with Crippen molar-refractivity contribution in [2.45, 2.75) is 18.3 Å². The van der Waals surface area contributed by atoms with Crippen LogP contribution in [0.2, 0.25) is 0 Å². The maximum Gasteiger partial charge on any atom is 0.335 e. The van der Waals surface area contributed by atoms with E-state index < -0.39 is 17.8 Å². The van der Waals surface area contributed by atoms with Gasteiger partial charge in [-0.3, -0.25) is 0 Å². The van der Waals surface area contributed by atoms with Gasteiger partial charge in [-0.2, -0.15) is 0 Å². The van der Waals surface area contributed by atoms with Crippen LogP contribution in [0.1, 0.15) is 28.3 Å². The average Bonchev–Trinajstić information content (AvgIpc) is 2.74. The summed E-state index contributed by atoms with van der Waals surface area (Å²) in [6, 6.07) is 4.24. The third-order valence-corrected chi connectivity index (χ3v) is 2.85. The second-order valence-corrected chi connectivity index (χ2v) is 4.51. The summed E-state index contributed by atoms with van der Waals surface area (Å²) in [6.07, 6.45) is -0.192. The fraction of sp³-hybridized carbons (Fsp3) is 0.300. The number of benzene rings is 1. The minimum Gasteiger partial charge on any atom is -0.478 e. The zero-order valence-electron chi connectivity index (χ0n) is 7.51. The summed E-state index contributed by atoms with van der Waals surface area (Å²) >= 11 is 3.11. The van der Waals surface area contributed by atoms with E-state index in [4.69, 9.17) is 5.11 Å². The Balaban J connectivity index is 2.37. The van der Waals surface area contributed by atoms with Crippen LogP contribution in [0.5, 0.6) is 0 Å². The van der Waals surface area contributed by atoms with E-state index in [9.17, 15) is 13.6 Å². The van der Waals surface area contributed by atoms with E-state index >= 15 is 0 Å². The van der Waals surface area contributed by atoms with Crippen LogP contribution in [0, 0.1) is 0 Å². The highest BCUT2D eigenvalue weighted by molar-refractivity contribution is 9.10. The highest BCUT2D eigenvalue weighted by Crippen LogP contribution is 2.56. The summed E-state index contributed by atoms with van der Waals surface area (Å²) in [5, 5.41) is 8.76. The Bertz CT molecular complexity index is 431. The zero-order chi connectivity index (χ0) is 11.2. The Kier molecular flexibility index (Phi) is 2.30. The van der Waals surface area contributed by atoms with E-state index in [2.05, 4.69) is 15.9 Å². The summed E-state index contributed by atoms with van der Waals surface area (Å²) in [5.74, 6) is -4.61. The van der Waals surface area contributed by atoms with Gasteiger partial charge in [0.1, 0.15) is 0 Å².